The number of rotatable bonds is 3. The Kier molecular flexibility index (Phi) is 4.03. The van der Waals surface area contributed by atoms with E-state index < -0.39 is 0 Å². The highest BCUT2D eigenvalue weighted by Crippen LogP contribution is 2.05. The minimum atomic E-state index is 0.668. The Hall–Kier alpha value is -2.21. The van der Waals surface area contributed by atoms with Gasteiger partial charge in [0, 0.05) is 30.2 Å². The predicted molar refractivity (Wildman–Crippen MR) is 74.0 cm³/mol. The van der Waals surface area contributed by atoms with Crippen LogP contribution in [-0.4, -0.2) is 9.55 Å². The van der Waals surface area contributed by atoms with Gasteiger partial charge in [0.25, 0.3) is 0 Å². The average molecular weight is 239 g/mol. The second-order valence-corrected chi connectivity index (χ2v) is 4.14. The Balaban J connectivity index is 2.05. The van der Waals surface area contributed by atoms with Gasteiger partial charge in [-0.25, -0.2) is 4.98 Å². The quantitative estimate of drug-likeness (QED) is 0.660. The summed E-state index contributed by atoms with van der Waals surface area (Å²) in [7, 11) is 0. The zero-order chi connectivity index (χ0) is 12.8. The number of hydrogen-bond acceptors (Lipinski definition) is 2. The molecule has 0 bridgehead atoms. The summed E-state index contributed by atoms with van der Waals surface area (Å²) >= 11 is 0. The lowest BCUT2D eigenvalue weighted by Crippen LogP contribution is -2.01. The van der Waals surface area contributed by atoms with E-state index in [4.69, 9.17) is 5.73 Å². The standard InChI is InChI=1S/C15H17N3/c1-2-10-18-11-9-17-15(18)8-4-6-13-5-3-7-14(16)12-13/h3,5,7,9,11-12H,2,8,10,16H2,1H3. The van der Waals surface area contributed by atoms with Gasteiger partial charge in [-0.05, 0) is 24.6 Å². The molecule has 1 heterocycles. The Morgan fingerprint density at radius 1 is 1.39 bits per heavy atom. The van der Waals surface area contributed by atoms with E-state index in [9.17, 15) is 0 Å². The van der Waals surface area contributed by atoms with E-state index in [2.05, 4.69) is 28.3 Å². The monoisotopic (exact) mass is 239 g/mol. The SMILES string of the molecule is CCCn1ccnc1CC#Cc1cccc(N)c1. The lowest BCUT2D eigenvalue weighted by atomic mass is 10.2. The normalized spacial score (nSPS) is 9.83. The Labute approximate surface area is 108 Å². The molecule has 0 unspecified atom stereocenters. The lowest BCUT2D eigenvalue weighted by Gasteiger charge is -2.02. The third-order valence-corrected chi connectivity index (χ3v) is 2.63. The number of anilines is 1. The molecule has 0 saturated carbocycles. The molecule has 0 saturated heterocycles. The fraction of sp³-hybridized carbons (Fsp3) is 0.267. The van der Waals surface area contributed by atoms with E-state index in [1.807, 2.05) is 36.7 Å². The maximum Gasteiger partial charge on any atom is 0.120 e. The van der Waals surface area contributed by atoms with Crippen molar-refractivity contribution >= 4 is 5.69 Å². The zero-order valence-electron chi connectivity index (χ0n) is 10.6. The molecule has 3 heteroatoms. The molecule has 1 aromatic carbocycles. The van der Waals surface area contributed by atoms with Gasteiger partial charge in [-0.3, -0.25) is 0 Å². The number of nitrogens with zero attached hydrogens (tertiary/aromatic N) is 2. The highest BCUT2D eigenvalue weighted by molar-refractivity contribution is 5.47. The first-order chi connectivity index (χ1) is 8.79. The molecule has 0 fully saturated rings. The molecule has 2 aromatic rings. The first-order valence-corrected chi connectivity index (χ1v) is 6.14. The summed E-state index contributed by atoms with van der Waals surface area (Å²) in [4.78, 5) is 4.32. The fourth-order valence-corrected chi connectivity index (χ4v) is 1.79. The van der Waals surface area contributed by atoms with Crippen molar-refractivity contribution in [2.24, 2.45) is 0 Å². The van der Waals surface area contributed by atoms with Crippen LogP contribution in [0.15, 0.2) is 36.7 Å². The molecule has 2 rings (SSSR count). The van der Waals surface area contributed by atoms with E-state index in [-0.39, 0.29) is 0 Å². The fourth-order valence-electron chi connectivity index (χ4n) is 1.79. The van der Waals surface area contributed by atoms with E-state index in [0.29, 0.717) is 6.42 Å². The molecule has 0 aliphatic rings. The second-order valence-electron chi connectivity index (χ2n) is 4.14. The van der Waals surface area contributed by atoms with Crippen molar-refractivity contribution in [3.63, 3.8) is 0 Å². The van der Waals surface area contributed by atoms with Gasteiger partial charge in [0.15, 0.2) is 0 Å². The summed E-state index contributed by atoms with van der Waals surface area (Å²) in [5, 5.41) is 0. The highest BCUT2D eigenvalue weighted by Gasteiger charge is 1.98. The number of aryl methyl sites for hydroxylation is 1. The van der Waals surface area contributed by atoms with Crippen LogP contribution in [0.3, 0.4) is 0 Å². The minimum absolute atomic E-state index is 0.668. The van der Waals surface area contributed by atoms with Gasteiger partial charge in [0.05, 0.1) is 6.42 Å². The van der Waals surface area contributed by atoms with Gasteiger partial charge in [-0.2, -0.15) is 0 Å². The van der Waals surface area contributed by atoms with Crippen molar-refractivity contribution < 1.29 is 0 Å². The Morgan fingerprint density at radius 2 is 2.28 bits per heavy atom. The van der Waals surface area contributed by atoms with Crippen molar-refractivity contribution in [3.05, 3.63) is 48.0 Å². The van der Waals surface area contributed by atoms with Gasteiger partial charge >= 0.3 is 0 Å². The van der Waals surface area contributed by atoms with Crippen molar-refractivity contribution in [2.45, 2.75) is 26.3 Å². The number of aromatic nitrogens is 2. The number of benzene rings is 1. The first-order valence-electron chi connectivity index (χ1n) is 6.14. The van der Waals surface area contributed by atoms with Crippen molar-refractivity contribution in [2.75, 3.05) is 5.73 Å². The van der Waals surface area contributed by atoms with Crippen LogP contribution in [0.25, 0.3) is 0 Å². The number of hydrogen-bond donors (Lipinski definition) is 1. The molecule has 0 spiro atoms. The van der Waals surface area contributed by atoms with Crippen LogP contribution in [0.2, 0.25) is 0 Å². The summed E-state index contributed by atoms with van der Waals surface area (Å²) in [5.41, 5.74) is 7.40. The zero-order valence-corrected chi connectivity index (χ0v) is 10.6. The Morgan fingerprint density at radius 3 is 3.06 bits per heavy atom. The van der Waals surface area contributed by atoms with Crippen LogP contribution < -0.4 is 5.73 Å². The summed E-state index contributed by atoms with van der Waals surface area (Å²) in [6.07, 6.45) is 5.60. The van der Waals surface area contributed by atoms with Crippen molar-refractivity contribution in [1.82, 2.24) is 9.55 Å². The maximum absolute atomic E-state index is 5.70. The van der Waals surface area contributed by atoms with E-state index in [1.165, 1.54) is 0 Å². The lowest BCUT2D eigenvalue weighted by molar-refractivity contribution is 0.650. The molecular weight excluding hydrogens is 222 g/mol. The van der Waals surface area contributed by atoms with Crippen LogP contribution in [0.5, 0.6) is 0 Å². The smallest absolute Gasteiger partial charge is 0.120 e. The van der Waals surface area contributed by atoms with Crippen LogP contribution in [0.1, 0.15) is 24.7 Å². The third-order valence-electron chi connectivity index (χ3n) is 2.63. The van der Waals surface area contributed by atoms with Crippen LogP contribution in [0, 0.1) is 11.8 Å². The summed E-state index contributed by atoms with van der Waals surface area (Å²) in [6.45, 7) is 3.15. The third kappa shape index (κ3) is 3.14. The largest absolute Gasteiger partial charge is 0.399 e. The summed E-state index contributed by atoms with van der Waals surface area (Å²) < 4.78 is 2.15. The first kappa shape index (κ1) is 12.3. The van der Waals surface area contributed by atoms with Crippen molar-refractivity contribution in [1.29, 1.82) is 0 Å². The Bertz CT molecular complexity index is 573. The van der Waals surface area contributed by atoms with Crippen molar-refractivity contribution in [3.8, 4) is 11.8 Å². The molecule has 0 aliphatic carbocycles. The van der Waals surface area contributed by atoms with Crippen LogP contribution in [0.4, 0.5) is 5.69 Å². The molecule has 0 radical (unpaired) electrons. The van der Waals surface area contributed by atoms with Gasteiger partial charge < -0.3 is 10.3 Å². The van der Waals surface area contributed by atoms with Gasteiger partial charge in [0.1, 0.15) is 5.82 Å². The number of nitrogens with two attached hydrogens (primary N) is 1. The average Bonchev–Trinajstić information content (AvgIpc) is 2.78. The molecule has 0 amide bonds. The number of nitrogen functional groups attached to an aromatic ring is 1. The molecule has 2 N–H and O–H groups in total. The summed E-state index contributed by atoms with van der Waals surface area (Å²) in [5.74, 6) is 7.27. The molecular formula is C15H17N3. The summed E-state index contributed by atoms with van der Waals surface area (Å²) in [6, 6.07) is 7.61. The van der Waals surface area contributed by atoms with Gasteiger partial charge in [-0.15, -0.1) is 0 Å². The maximum atomic E-state index is 5.70. The second kappa shape index (κ2) is 5.92. The van der Waals surface area contributed by atoms with Gasteiger partial charge in [-0.1, -0.05) is 24.8 Å². The van der Waals surface area contributed by atoms with Crippen LogP contribution >= 0.6 is 0 Å². The van der Waals surface area contributed by atoms with E-state index >= 15 is 0 Å². The van der Waals surface area contributed by atoms with Crippen LogP contribution in [-0.2, 0) is 13.0 Å². The van der Waals surface area contributed by atoms with Gasteiger partial charge in [0.2, 0.25) is 0 Å². The minimum Gasteiger partial charge on any atom is -0.399 e. The molecule has 0 atom stereocenters. The molecule has 1 aromatic heterocycles. The highest BCUT2D eigenvalue weighted by atomic mass is 15.1. The predicted octanol–water partition coefficient (Wildman–Crippen LogP) is 2.47. The van der Waals surface area contributed by atoms with E-state index in [0.717, 1.165) is 30.0 Å². The molecule has 92 valence electrons. The molecule has 3 nitrogen and oxygen atoms in total. The molecule has 0 aliphatic heterocycles. The topological polar surface area (TPSA) is 43.8 Å². The van der Waals surface area contributed by atoms with E-state index in [1.54, 1.807) is 0 Å². The number of imidazole rings is 1. The molecule has 18 heavy (non-hydrogen) atoms.